The maximum atomic E-state index is 5.71. The van der Waals surface area contributed by atoms with Crippen molar-refractivity contribution in [2.24, 2.45) is 0 Å². The highest BCUT2D eigenvalue weighted by molar-refractivity contribution is 5.85. The van der Waals surface area contributed by atoms with Crippen LogP contribution in [0.1, 0.15) is 12.5 Å². The Morgan fingerprint density at radius 1 is 0.880 bits per heavy atom. The highest BCUT2D eigenvalue weighted by Crippen LogP contribution is 2.20. The Morgan fingerprint density at radius 2 is 1.72 bits per heavy atom. The molecule has 0 aliphatic carbocycles. The van der Waals surface area contributed by atoms with Gasteiger partial charge in [-0.1, -0.05) is 48.5 Å². The summed E-state index contributed by atoms with van der Waals surface area (Å²) in [6.07, 6.45) is 0.983. The van der Waals surface area contributed by atoms with Crippen LogP contribution < -0.4 is 10.1 Å². The van der Waals surface area contributed by atoms with Gasteiger partial charge in [-0.05, 0) is 41.8 Å². The van der Waals surface area contributed by atoms with Gasteiger partial charge in [-0.2, -0.15) is 0 Å². The van der Waals surface area contributed by atoms with Gasteiger partial charge in [0.25, 0.3) is 0 Å². The van der Waals surface area contributed by atoms with Crippen molar-refractivity contribution in [2.75, 3.05) is 31.7 Å². The molecule has 0 atom stereocenters. The van der Waals surface area contributed by atoms with E-state index in [4.69, 9.17) is 9.47 Å². The molecule has 0 bridgehead atoms. The summed E-state index contributed by atoms with van der Waals surface area (Å²) in [5.41, 5.74) is 2.45. The normalized spacial score (nSPS) is 10.8. The minimum Gasteiger partial charge on any atom is -0.491 e. The van der Waals surface area contributed by atoms with Gasteiger partial charge in [-0.25, -0.2) is 0 Å². The van der Waals surface area contributed by atoms with E-state index in [-0.39, 0.29) is 0 Å². The maximum Gasteiger partial charge on any atom is 0.121 e. The van der Waals surface area contributed by atoms with Gasteiger partial charge in [-0.3, -0.25) is 0 Å². The van der Waals surface area contributed by atoms with E-state index in [0.29, 0.717) is 13.2 Å². The molecule has 0 fully saturated rings. The van der Waals surface area contributed by atoms with Crippen molar-refractivity contribution < 1.29 is 9.47 Å². The third-order valence-electron chi connectivity index (χ3n) is 4.14. The van der Waals surface area contributed by atoms with E-state index < -0.39 is 0 Å². The summed E-state index contributed by atoms with van der Waals surface area (Å²) in [5.74, 6) is 0.870. The predicted octanol–water partition coefficient (Wildman–Crippen LogP) is 4.91. The number of ether oxygens (including phenoxy) is 2. The molecule has 0 aliphatic rings. The molecule has 0 saturated heterocycles. The van der Waals surface area contributed by atoms with Gasteiger partial charge in [0.2, 0.25) is 0 Å². The lowest BCUT2D eigenvalue weighted by Gasteiger charge is -2.11. The van der Waals surface area contributed by atoms with E-state index in [1.807, 2.05) is 25.1 Å². The monoisotopic (exact) mass is 335 g/mol. The molecule has 0 spiro atoms. The lowest BCUT2D eigenvalue weighted by atomic mass is 10.0. The Balaban J connectivity index is 1.55. The summed E-state index contributed by atoms with van der Waals surface area (Å²) in [6.45, 7) is 4.79. The Morgan fingerprint density at radius 3 is 2.64 bits per heavy atom. The molecule has 0 aromatic heterocycles. The molecule has 3 heteroatoms. The van der Waals surface area contributed by atoms with E-state index in [1.165, 1.54) is 16.3 Å². The highest BCUT2D eigenvalue weighted by Gasteiger charge is 2.01. The number of hydrogen-bond acceptors (Lipinski definition) is 3. The van der Waals surface area contributed by atoms with Gasteiger partial charge in [0.1, 0.15) is 12.4 Å². The Kier molecular flexibility index (Phi) is 6.29. The van der Waals surface area contributed by atoms with Gasteiger partial charge in [0.15, 0.2) is 0 Å². The van der Waals surface area contributed by atoms with Crippen LogP contribution >= 0.6 is 0 Å². The first-order valence-corrected chi connectivity index (χ1v) is 8.88. The van der Waals surface area contributed by atoms with Crippen molar-refractivity contribution in [2.45, 2.75) is 13.3 Å². The van der Waals surface area contributed by atoms with Crippen LogP contribution in [-0.2, 0) is 11.2 Å². The summed E-state index contributed by atoms with van der Waals surface area (Å²) in [6, 6.07) is 23.1. The molecule has 3 aromatic carbocycles. The quantitative estimate of drug-likeness (QED) is 0.564. The van der Waals surface area contributed by atoms with Crippen LogP contribution in [0.2, 0.25) is 0 Å². The zero-order chi connectivity index (χ0) is 17.3. The summed E-state index contributed by atoms with van der Waals surface area (Å²) in [4.78, 5) is 0. The molecule has 0 unspecified atom stereocenters. The standard InChI is InChI=1S/C22H25NO2/c1-2-24-15-16-25-21-11-6-10-20(17-21)23-14-13-19-9-5-8-18-7-3-4-12-22(18)19/h3-12,17,23H,2,13-16H2,1H3. The third-order valence-corrected chi connectivity index (χ3v) is 4.14. The number of nitrogens with one attached hydrogen (secondary N) is 1. The number of hydrogen-bond donors (Lipinski definition) is 1. The molecule has 3 nitrogen and oxygen atoms in total. The molecular weight excluding hydrogens is 310 g/mol. The van der Waals surface area contributed by atoms with Crippen molar-refractivity contribution >= 4 is 16.5 Å². The van der Waals surface area contributed by atoms with Crippen molar-refractivity contribution in [3.8, 4) is 5.75 Å². The van der Waals surface area contributed by atoms with E-state index in [2.05, 4.69) is 53.8 Å². The van der Waals surface area contributed by atoms with Crippen molar-refractivity contribution in [3.05, 3.63) is 72.3 Å². The third kappa shape index (κ3) is 4.97. The number of anilines is 1. The second-order valence-corrected chi connectivity index (χ2v) is 5.89. The van der Waals surface area contributed by atoms with Crippen molar-refractivity contribution in [3.63, 3.8) is 0 Å². The molecule has 0 radical (unpaired) electrons. The average molecular weight is 335 g/mol. The van der Waals surface area contributed by atoms with Crippen LogP contribution in [0.3, 0.4) is 0 Å². The lowest BCUT2D eigenvalue weighted by Crippen LogP contribution is -2.07. The number of rotatable bonds is 9. The molecule has 3 rings (SSSR count). The molecule has 3 aromatic rings. The van der Waals surface area contributed by atoms with Gasteiger partial charge >= 0.3 is 0 Å². The average Bonchev–Trinajstić information content (AvgIpc) is 2.66. The minimum atomic E-state index is 0.577. The maximum absolute atomic E-state index is 5.71. The lowest BCUT2D eigenvalue weighted by molar-refractivity contribution is 0.110. The molecule has 0 amide bonds. The minimum absolute atomic E-state index is 0.577. The molecule has 130 valence electrons. The SMILES string of the molecule is CCOCCOc1cccc(NCCc2cccc3ccccc23)c1. The molecular formula is C22H25NO2. The van der Waals surface area contributed by atoms with Crippen LogP contribution in [0.5, 0.6) is 5.75 Å². The van der Waals surface area contributed by atoms with Gasteiger partial charge in [0.05, 0.1) is 6.61 Å². The molecule has 1 N–H and O–H groups in total. The van der Waals surface area contributed by atoms with Crippen LogP contribution in [-0.4, -0.2) is 26.4 Å². The zero-order valence-electron chi connectivity index (χ0n) is 14.7. The van der Waals surface area contributed by atoms with Gasteiger partial charge < -0.3 is 14.8 Å². The fourth-order valence-electron chi connectivity index (χ4n) is 2.91. The first-order valence-electron chi connectivity index (χ1n) is 8.88. The largest absolute Gasteiger partial charge is 0.491 e. The van der Waals surface area contributed by atoms with E-state index in [0.717, 1.165) is 31.0 Å². The van der Waals surface area contributed by atoms with E-state index in [1.54, 1.807) is 0 Å². The second-order valence-electron chi connectivity index (χ2n) is 5.89. The molecule has 0 aliphatic heterocycles. The smallest absolute Gasteiger partial charge is 0.121 e. The zero-order valence-corrected chi connectivity index (χ0v) is 14.7. The Bertz CT molecular complexity index is 795. The summed E-state index contributed by atoms with van der Waals surface area (Å²) >= 11 is 0. The Hall–Kier alpha value is -2.52. The van der Waals surface area contributed by atoms with Crippen molar-refractivity contribution in [1.82, 2.24) is 0 Å². The van der Waals surface area contributed by atoms with Crippen molar-refractivity contribution in [1.29, 1.82) is 0 Å². The first kappa shape index (κ1) is 17.3. The van der Waals surface area contributed by atoms with Crippen LogP contribution in [0.4, 0.5) is 5.69 Å². The van der Waals surface area contributed by atoms with E-state index >= 15 is 0 Å². The first-order chi connectivity index (χ1) is 12.4. The fraction of sp³-hybridized carbons (Fsp3) is 0.273. The summed E-state index contributed by atoms with van der Waals surface area (Å²) < 4.78 is 11.0. The summed E-state index contributed by atoms with van der Waals surface area (Å²) in [5, 5.41) is 6.12. The summed E-state index contributed by atoms with van der Waals surface area (Å²) in [7, 11) is 0. The predicted molar refractivity (Wildman–Crippen MR) is 105 cm³/mol. The molecule has 0 heterocycles. The van der Waals surface area contributed by atoms with E-state index in [9.17, 15) is 0 Å². The van der Waals surface area contributed by atoms with Crippen LogP contribution in [0, 0.1) is 0 Å². The fourth-order valence-corrected chi connectivity index (χ4v) is 2.91. The topological polar surface area (TPSA) is 30.5 Å². The number of fused-ring (bicyclic) bond motifs is 1. The molecule has 0 saturated carbocycles. The second kappa shape index (κ2) is 9.09. The molecule has 25 heavy (non-hydrogen) atoms. The number of benzene rings is 3. The Labute approximate surface area is 149 Å². The van der Waals surface area contributed by atoms with Gasteiger partial charge in [0, 0.05) is 24.9 Å². The van der Waals surface area contributed by atoms with Crippen LogP contribution in [0.25, 0.3) is 10.8 Å². The van der Waals surface area contributed by atoms with Crippen LogP contribution in [0.15, 0.2) is 66.7 Å². The highest BCUT2D eigenvalue weighted by atomic mass is 16.5. The van der Waals surface area contributed by atoms with Gasteiger partial charge in [-0.15, -0.1) is 0 Å².